The first-order valence-electron chi connectivity index (χ1n) is 7.56. The highest BCUT2D eigenvalue weighted by Crippen LogP contribution is 2.11. The molecule has 0 bridgehead atoms. The van der Waals surface area contributed by atoms with E-state index in [0.717, 1.165) is 12.8 Å². The molecule has 0 amide bonds. The van der Waals surface area contributed by atoms with E-state index in [1.807, 2.05) is 0 Å². The number of hydrogen-bond acceptors (Lipinski definition) is 2. The molecule has 1 unspecified atom stereocenters. The van der Waals surface area contributed by atoms with E-state index in [4.69, 9.17) is 27.9 Å². The molecule has 0 spiro atoms. The lowest BCUT2D eigenvalue weighted by Gasteiger charge is -2.07. The third-order valence-corrected chi connectivity index (χ3v) is 3.89. The van der Waals surface area contributed by atoms with Crippen molar-refractivity contribution in [2.45, 2.75) is 76.5 Å². The Morgan fingerprint density at radius 1 is 1.00 bits per heavy atom. The Morgan fingerprint density at radius 3 is 2.05 bits per heavy atom. The van der Waals surface area contributed by atoms with Crippen LogP contribution in [0.5, 0.6) is 0 Å². The number of halogens is 2. The number of esters is 1. The largest absolute Gasteiger partial charge is 0.464 e. The zero-order chi connectivity index (χ0) is 14.3. The molecule has 0 aliphatic carbocycles. The van der Waals surface area contributed by atoms with Gasteiger partial charge in [-0.3, -0.25) is 4.79 Å². The molecule has 0 aromatic heterocycles. The van der Waals surface area contributed by atoms with E-state index in [2.05, 4.69) is 6.92 Å². The SMILES string of the molecule is CCCCCCCCCCCC(=O)OCC(Cl)CCl. The number of carbonyl (C=O) groups excluding carboxylic acids is 1. The van der Waals surface area contributed by atoms with Crippen molar-refractivity contribution in [3.63, 3.8) is 0 Å². The summed E-state index contributed by atoms with van der Waals surface area (Å²) >= 11 is 11.3. The summed E-state index contributed by atoms with van der Waals surface area (Å²) in [6.45, 7) is 2.46. The molecule has 0 saturated carbocycles. The smallest absolute Gasteiger partial charge is 0.305 e. The van der Waals surface area contributed by atoms with Gasteiger partial charge in [-0.15, -0.1) is 23.2 Å². The topological polar surface area (TPSA) is 26.3 Å². The summed E-state index contributed by atoms with van der Waals surface area (Å²) < 4.78 is 5.01. The summed E-state index contributed by atoms with van der Waals surface area (Å²) in [5, 5.41) is -0.270. The second kappa shape index (κ2) is 14.5. The molecule has 114 valence electrons. The quantitative estimate of drug-likeness (QED) is 0.262. The zero-order valence-electron chi connectivity index (χ0n) is 12.1. The Balaban J connectivity index is 3.18. The first-order chi connectivity index (χ1) is 9.20. The Bertz CT molecular complexity index is 210. The lowest BCUT2D eigenvalue weighted by atomic mass is 10.1. The summed E-state index contributed by atoms with van der Waals surface area (Å²) in [7, 11) is 0. The molecule has 0 aromatic carbocycles. The molecule has 0 heterocycles. The molecule has 0 N–H and O–H groups in total. The van der Waals surface area contributed by atoms with Crippen LogP contribution in [0.4, 0.5) is 0 Å². The second-order valence-corrected chi connectivity index (χ2v) is 5.94. The van der Waals surface area contributed by atoms with E-state index in [0.29, 0.717) is 12.3 Å². The van der Waals surface area contributed by atoms with E-state index in [9.17, 15) is 4.79 Å². The van der Waals surface area contributed by atoms with E-state index in [-0.39, 0.29) is 18.0 Å². The van der Waals surface area contributed by atoms with Crippen LogP contribution in [0, 0.1) is 0 Å². The highest BCUT2D eigenvalue weighted by atomic mass is 35.5. The van der Waals surface area contributed by atoms with Gasteiger partial charge < -0.3 is 4.74 Å². The predicted octanol–water partition coefficient (Wildman–Crippen LogP) is 5.30. The summed E-state index contributed by atoms with van der Waals surface area (Å²) in [5.74, 6) is 0.158. The minimum Gasteiger partial charge on any atom is -0.464 e. The standard InChI is InChI=1S/C15H28Cl2O2/c1-2-3-4-5-6-7-8-9-10-11-15(18)19-13-14(17)12-16/h14H,2-13H2,1H3. The maximum absolute atomic E-state index is 11.3. The van der Waals surface area contributed by atoms with Crippen molar-refractivity contribution in [1.82, 2.24) is 0 Å². The minimum atomic E-state index is -0.270. The lowest BCUT2D eigenvalue weighted by Crippen LogP contribution is -2.15. The first-order valence-corrected chi connectivity index (χ1v) is 8.53. The fraction of sp³-hybridized carbons (Fsp3) is 0.933. The molecule has 0 fully saturated rings. The Morgan fingerprint density at radius 2 is 1.53 bits per heavy atom. The van der Waals surface area contributed by atoms with Crippen LogP contribution in [0.25, 0.3) is 0 Å². The average Bonchev–Trinajstić information content (AvgIpc) is 2.42. The molecular formula is C15H28Cl2O2. The number of hydrogen-bond donors (Lipinski definition) is 0. The van der Waals surface area contributed by atoms with Crippen LogP contribution in [-0.4, -0.2) is 23.8 Å². The van der Waals surface area contributed by atoms with Gasteiger partial charge in [0.05, 0.1) is 5.38 Å². The third-order valence-electron chi connectivity index (χ3n) is 3.08. The van der Waals surface area contributed by atoms with Gasteiger partial charge in [0, 0.05) is 12.3 Å². The van der Waals surface area contributed by atoms with Crippen molar-refractivity contribution in [2.75, 3.05) is 12.5 Å². The Kier molecular flexibility index (Phi) is 14.5. The lowest BCUT2D eigenvalue weighted by molar-refractivity contribution is -0.143. The normalized spacial score (nSPS) is 12.4. The van der Waals surface area contributed by atoms with Gasteiger partial charge >= 0.3 is 5.97 Å². The van der Waals surface area contributed by atoms with Gasteiger partial charge in [-0.1, -0.05) is 58.3 Å². The third kappa shape index (κ3) is 14.3. The van der Waals surface area contributed by atoms with Crippen LogP contribution in [0.2, 0.25) is 0 Å². The van der Waals surface area contributed by atoms with Crippen LogP contribution in [0.3, 0.4) is 0 Å². The van der Waals surface area contributed by atoms with Gasteiger partial charge in [-0.2, -0.15) is 0 Å². The first kappa shape index (κ1) is 19.1. The fourth-order valence-corrected chi connectivity index (χ4v) is 2.03. The molecule has 19 heavy (non-hydrogen) atoms. The summed E-state index contributed by atoms with van der Waals surface area (Å²) in [6, 6.07) is 0. The van der Waals surface area contributed by atoms with Gasteiger partial charge in [0.1, 0.15) is 6.61 Å². The molecule has 0 radical (unpaired) electrons. The molecule has 0 aliphatic heterocycles. The van der Waals surface area contributed by atoms with Gasteiger partial charge in [-0.25, -0.2) is 0 Å². The van der Waals surface area contributed by atoms with Gasteiger partial charge in [-0.05, 0) is 6.42 Å². The van der Waals surface area contributed by atoms with Crippen LogP contribution >= 0.6 is 23.2 Å². The molecular weight excluding hydrogens is 283 g/mol. The van der Waals surface area contributed by atoms with Crippen molar-refractivity contribution >= 4 is 29.2 Å². The minimum absolute atomic E-state index is 0.154. The molecule has 0 aliphatic rings. The van der Waals surface area contributed by atoms with E-state index >= 15 is 0 Å². The molecule has 4 heteroatoms. The fourth-order valence-electron chi connectivity index (χ4n) is 1.88. The van der Waals surface area contributed by atoms with Gasteiger partial charge in [0.15, 0.2) is 0 Å². The van der Waals surface area contributed by atoms with Gasteiger partial charge in [0.2, 0.25) is 0 Å². The predicted molar refractivity (Wildman–Crippen MR) is 83.2 cm³/mol. The van der Waals surface area contributed by atoms with E-state index in [1.54, 1.807) is 0 Å². The van der Waals surface area contributed by atoms with Gasteiger partial charge in [0.25, 0.3) is 0 Å². The average molecular weight is 311 g/mol. The number of ether oxygens (including phenoxy) is 1. The van der Waals surface area contributed by atoms with Crippen LogP contribution < -0.4 is 0 Å². The molecule has 0 saturated heterocycles. The maximum Gasteiger partial charge on any atom is 0.305 e. The van der Waals surface area contributed by atoms with Crippen LogP contribution in [0.15, 0.2) is 0 Å². The molecule has 1 atom stereocenters. The monoisotopic (exact) mass is 310 g/mol. The highest BCUT2D eigenvalue weighted by molar-refractivity contribution is 6.28. The number of alkyl halides is 2. The van der Waals surface area contributed by atoms with Crippen LogP contribution in [-0.2, 0) is 9.53 Å². The highest BCUT2D eigenvalue weighted by Gasteiger charge is 2.07. The number of carbonyl (C=O) groups is 1. The van der Waals surface area contributed by atoms with Crippen molar-refractivity contribution in [3.8, 4) is 0 Å². The van der Waals surface area contributed by atoms with Crippen molar-refractivity contribution < 1.29 is 9.53 Å². The summed E-state index contributed by atoms with van der Waals surface area (Å²) in [5.41, 5.74) is 0. The molecule has 0 rings (SSSR count). The van der Waals surface area contributed by atoms with E-state index < -0.39 is 0 Å². The Labute approximate surface area is 128 Å². The van der Waals surface area contributed by atoms with E-state index in [1.165, 1.54) is 44.9 Å². The molecule has 0 aromatic rings. The molecule has 2 nitrogen and oxygen atoms in total. The van der Waals surface area contributed by atoms with Crippen LogP contribution in [0.1, 0.15) is 71.1 Å². The van der Waals surface area contributed by atoms with Crippen molar-refractivity contribution in [2.24, 2.45) is 0 Å². The van der Waals surface area contributed by atoms with Crippen molar-refractivity contribution in [3.05, 3.63) is 0 Å². The van der Waals surface area contributed by atoms with Crippen molar-refractivity contribution in [1.29, 1.82) is 0 Å². The zero-order valence-corrected chi connectivity index (χ0v) is 13.6. The summed E-state index contributed by atoms with van der Waals surface area (Å²) in [6.07, 6.45) is 11.7. The number of rotatable bonds is 13. The number of unbranched alkanes of at least 4 members (excludes halogenated alkanes) is 8. The second-order valence-electron chi connectivity index (χ2n) is 5.01. The maximum atomic E-state index is 11.3. The summed E-state index contributed by atoms with van der Waals surface area (Å²) in [4.78, 5) is 11.3. The Hall–Kier alpha value is 0.0500.